The minimum Gasteiger partial charge on any atom is -0.493 e. The molecule has 1 N–H and O–H groups in total. The average molecular weight is 412 g/mol. The van der Waals surface area contributed by atoms with E-state index in [0.717, 1.165) is 5.69 Å². The topological polar surface area (TPSA) is 86.3 Å². The van der Waals surface area contributed by atoms with Crippen LogP contribution in [0.5, 0.6) is 17.2 Å². The number of amides is 1. The molecule has 0 saturated carbocycles. The van der Waals surface area contributed by atoms with E-state index in [1.807, 2.05) is 31.1 Å². The molecular formula is C22H24N2O6. The lowest BCUT2D eigenvalue weighted by Crippen LogP contribution is -2.20. The first-order valence-electron chi connectivity index (χ1n) is 9.36. The number of rotatable bonds is 7. The molecule has 0 radical (unpaired) electrons. The zero-order chi connectivity index (χ0) is 21.5. The minimum absolute atomic E-state index is 0.386. The van der Waals surface area contributed by atoms with Gasteiger partial charge in [0.2, 0.25) is 5.75 Å². The third kappa shape index (κ3) is 5.44. The molecule has 0 aliphatic carbocycles. The smallest absolute Gasteiger partial charge is 0.331 e. The number of carbonyl (C=O) groups is 2. The molecule has 0 aromatic heterocycles. The number of fused-ring (bicyclic) bond motifs is 1. The predicted molar refractivity (Wildman–Crippen MR) is 113 cm³/mol. The Kier molecular flexibility index (Phi) is 6.79. The second kappa shape index (κ2) is 9.69. The van der Waals surface area contributed by atoms with Crippen molar-refractivity contribution >= 4 is 29.3 Å². The Bertz CT molecular complexity index is 920. The van der Waals surface area contributed by atoms with E-state index in [0.29, 0.717) is 41.7 Å². The Morgan fingerprint density at radius 2 is 1.87 bits per heavy atom. The predicted octanol–water partition coefficient (Wildman–Crippen LogP) is 2.73. The van der Waals surface area contributed by atoms with Crippen molar-refractivity contribution in [3.8, 4) is 17.2 Å². The summed E-state index contributed by atoms with van der Waals surface area (Å²) in [6.45, 7) is 0.508. The molecule has 1 aliphatic rings. The number of nitrogens with one attached hydrogen (secondary N) is 1. The molecule has 0 atom stereocenters. The van der Waals surface area contributed by atoms with E-state index in [9.17, 15) is 9.59 Å². The summed E-state index contributed by atoms with van der Waals surface area (Å²) in [6, 6.07) is 10.8. The Balaban J connectivity index is 1.53. The van der Waals surface area contributed by atoms with Crippen molar-refractivity contribution < 1.29 is 28.5 Å². The zero-order valence-electron chi connectivity index (χ0n) is 17.1. The average Bonchev–Trinajstić information content (AvgIpc) is 2.76. The van der Waals surface area contributed by atoms with E-state index in [1.165, 1.54) is 13.2 Å². The van der Waals surface area contributed by atoms with Crippen LogP contribution in [0.25, 0.3) is 6.08 Å². The molecule has 3 rings (SSSR count). The van der Waals surface area contributed by atoms with Gasteiger partial charge in [-0.2, -0.15) is 0 Å². The number of esters is 1. The number of hydrogen-bond acceptors (Lipinski definition) is 7. The fourth-order valence-corrected chi connectivity index (χ4v) is 2.78. The van der Waals surface area contributed by atoms with Gasteiger partial charge in [0, 0.05) is 31.5 Å². The molecule has 0 spiro atoms. The second-order valence-corrected chi connectivity index (χ2v) is 6.68. The van der Waals surface area contributed by atoms with Crippen LogP contribution in [0.4, 0.5) is 11.4 Å². The molecule has 158 valence electrons. The first kappa shape index (κ1) is 21.0. The number of carbonyl (C=O) groups excluding carboxylic acids is 2. The van der Waals surface area contributed by atoms with E-state index in [2.05, 4.69) is 5.32 Å². The van der Waals surface area contributed by atoms with E-state index >= 15 is 0 Å². The van der Waals surface area contributed by atoms with Crippen LogP contribution < -0.4 is 24.4 Å². The molecule has 8 heteroatoms. The number of ether oxygens (including phenoxy) is 4. The number of hydrogen-bond donors (Lipinski definition) is 1. The third-order valence-electron chi connectivity index (χ3n) is 4.28. The summed E-state index contributed by atoms with van der Waals surface area (Å²) in [4.78, 5) is 25.9. The van der Waals surface area contributed by atoms with Gasteiger partial charge in [0.05, 0.1) is 7.11 Å². The lowest BCUT2D eigenvalue weighted by molar-refractivity contribution is -0.142. The van der Waals surface area contributed by atoms with E-state index in [4.69, 9.17) is 18.9 Å². The summed E-state index contributed by atoms with van der Waals surface area (Å²) in [5, 5.41) is 2.68. The molecule has 2 aromatic rings. The summed E-state index contributed by atoms with van der Waals surface area (Å²) in [6.07, 6.45) is 2.80. The molecule has 1 heterocycles. The summed E-state index contributed by atoms with van der Waals surface area (Å²) in [5.41, 5.74) is 2.32. The number of anilines is 2. The van der Waals surface area contributed by atoms with Crippen molar-refractivity contribution in [2.45, 2.75) is 0 Å². The van der Waals surface area contributed by atoms with E-state index < -0.39 is 11.9 Å². The largest absolute Gasteiger partial charge is 0.493 e. The number of nitrogens with zero attached hydrogens (tertiary/aromatic N) is 1. The Morgan fingerprint density at radius 1 is 1.13 bits per heavy atom. The quantitative estimate of drug-likeness (QED) is 0.553. The van der Waals surface area contributed by atoms with Crippen molar-refractivity contribution in [2.24, 2.45) is 0 Å². The fraction of sp³-hybridized carbons (Fsp3) is 0.273. The van der Waals surface area contributed by atoms with Crippen molar-refractivity contribution in [1.82, 2.24) is 0 Å². The van der Waals surface area contributed by atoms with Crippen LogP contribution in [-0.4, -0.2) is 52.9 Å². The van der Waals surface area contributed by atoms with Gasteiger partial charge < -0.3 is 29.2 Å². The van der Waals surface area contributed by atoms with Gasteiger partial charge in [-0.15, -0.1) is 0 Å². The number of methoxy groups -OCH3 is 1. The highest BCUT2D eigenvalue weighted by Gasteiger charge is 2.18. The Morgan fingerprint density at radius 3 is 2.57 bits per heavy atom. The molecule has 0 fully saturated rings. The van der Waals surface area contributed by atoms with Crippen molar-refractivity contribution in [3.63, 3.8) is 0 Å². The molecule has 1 amide bonds. The molecule has 1 aliphatic heterocycles. The van der Waals surface area contributed by atoms with Gasteiger partial charge in [-0.25, -0.2) is 4.79 Å². The molecule has 8 nitrogen and oxygen atoms in total. The van der Waals surface area contributed by atoms with Gasteiger partial charge in [0.15, 0.2) is 18.1 Å². The van der Waals surface area contributed by atoms with E-state index in [-0.39, 0.29) is 6.61 Å². The monoisotopic (exact) mass is 412 g/mol. The van der Waals surface area contributed by atoms with Crippen LogP contribution in [0.1, 0.15) is 5.56 Å². The van der Waals surface area contributed by atoms with Crippen molar-refractivity contribution in [2.75, 3.05) is 51.2 Å². The standard InChI is InChI=1S/C22H24N2O6/c1-24(2)17-7-5-16(6-8-17)23-20(25)14-30-21(26)9-4-15-12-18(27-3)22-19(13-15)28-10-11-29-22/h4-9,12-13H,10-11,14H2,1-3H3,(H,23,25)/b9-4+. The van der Waals surface area contributed by atoms with Crippen LogP contribution in [0.2, 0.25) is 0 Å². The van der Waals surface area contributed by atoms with Crippen LogP contribution in [0.15, 0.2) is 42.5 Å². The summed E-state index contributed by atoms with van der Waals surface area (Å²) < 4.78 is 21.4. The molecule has 0 bridgehead atoms. The van der Waals surface area contributed by atoms with Gasteiger partial charge >= 0.3 is 5.97 Å². The molecular weight excluding hydrogens is 388 g/mol. The highest BCUT2D eigenvalue weighted by Crippen LogP contribution is 2.40. The van der Waals surface area contributed by atoms with Gasteiger partial charge in [0.25, 0.3) is 5.91 Å². The Labute approximate surface area is 175 Å². The molecule has 0 saturated heterocycles. The van der Waals surface area contributed by atoms with Crippen LogP contribution in [0.3, 0.4) is 0 Å². The maximum Gasteiger partial charge on any atom is 0.331 e. The lowest BCUT2D eigenvalue weighted by Gasteiger charge is -2.20. The van der Waals surface area contributed by atoms with E-state index in [1.54, 1.807) is 30.3 Å². The Hall–Kier alpha value is -3.68. The maximum absolute atomic E-state index is 12.0. The lowest BCUT2D eigenvalue weighted by atomic mass is 10.1. The van der Waals surface area contributed by atoms with Crippen LogP contribution >= 0.6 is 0 Å². The molecule has 30 heavy (non-hydrogen) atoms. The minimum atomic E-state index is -0.637. The highest BCUT2D eigenvalue weighted by atomic mass is 16.6. The van der Waals surface area contributed by atoms with Crippen molar-refractivity contribution in [3.05, 3.63) is 48.0 Å². The number of benzene rings is 2. The van der Waals surface area contributed by atoms with Gasteiger partial charge in [0.1, 0.15) is 13.2 Å². The third-order valence-corrected chi connectivity index (χ3v) is 4.28. The summed E-state index contributed by atoms with van der Waals surface area (Å²) in [5.74, 6) is 0.546. The molecule has 0 unspecified atom stereocenters. The fourth-order valence-electron chi connectivity index (χ4n) is 2.78. The van der Waals surface area contributed by atoms with Crippen molar-refractivity contribution in [1.29, 1.82) is 0 Å². The second-order valence-electron chi connectivity index (χ2n) is 6.68. The van der Waals surface area contributed by atoms with Gasteiger partial charge in [-0.1, -0.05) is 0 Å². The van der Waals surface area contributed by atoms with Gasteiger partial charge in [-0.05, 0) is 48.0 Å². The maximum atomic E-state index is 12.0. The summed E-state index contributed by atoms with van der Waals surface area (Å²) in [7, 11) is 5.39. The highest BCUT2D eigenvalue weighted by molar-refractivity contribution is 5.94. The van der Waals surface area contributed by atoms with Crippen LogP contribution in [-0.2, 0) is 14.3 Å². The molecule has 2 aromatic carbocycles. The SMILES string of the molecule is COc1cc(/C=C/C(=O)OCC(=O)Nc2ccc(N(C)C)cc2)cc2c1OCCO2. The first-order chi connectivity index (χ1) is 14.5. The van der Waals surface area contributed by atoms with Gasteiger partial charge in [-0.3, -0.25) is 4.79 Å². The first-order valence-corrected chi connectivity index (χ1v) is 9.36. The zero-order valence-corrected chi connectivity index (χ0v) is 17.1. The normalized spacial score (nSPS) is 12.4. The van der Waals surface area contributed by atoms with Crippen LogP contribution in [0, 0.1) is 0 Å². The summed E-state index contributed by atoms with van der Waals surface area (Å²) >= 11 is 0.